The van der Waals surface area contributed by atoms with Gasteiger partial charge in [-0.1, -0.05) is 68.1 Å². The van der Waals surface area contributed by atoms with Gasteiger partial charge in [-0.05, 0) is 36.1 Å². The van der Waals surface area contributed by atoms with Gasteiger partial charge in [-0.2, -0.15) is 0 Å². The SMILES string of the molecule is CCc1ccc(C2Nn3c(CC)nnc3SC2C(=O)Nc2ccccc2C)cc1. The van der Waals surface area contributed by atoms with Crippen molar-refractivity contribution in [2.45, 2.75) is 50.1 Å². The first-order valence-corrected chi connectivity index (χ1v) is 10.8. The maximum Gasteiger partial charge on any atom is 0.240 e. The van der Waals surface area contributed by atoms with E-state index in [0.29, 0.717) is 5.16 Å². The predicted molar refractivity (Wildman–Crippen MR) is 117 cm³/mol. The van der Waals surface area contributed by atoms with Crippen LogP contribution in [-0.2, 0) is 17.6 Å². The van der Waals surface area contributed by atoms with Crippen molar-refractivity contribution in [2.24, 2.45) is 0 Å². The summed E-state index contributed by atoms with van der Waals surface area (Å²) < 4.78 is 1.92. The number of aryl methyl sites for hydroxylation is 3. The molecule has 3 aromatic rings. The number of amides is 1. The van der Waals surface area contributed by atoms with Crippen LogP contribution in [-0.4, -0.2) is 26.0 Å². The van der Waals surface area contributed by atoms with Gasteiger partial charge >= 0.3 is 0 Å². The van der Waals surface area contributed by atoms with Crippen molar-refractivity contribution in [1.29, 1.82) is 0 Å². The number of nitrogens with zero attached hydrogens (tertiary/aromatic N) is 3. The van der Waals surface area contributed by atoms with E-state index in [9.17, 15) is 4.79 Å². The number of fused-ring (bicyclic) bond motifs is 1. The van der Waals surface area contributed by atoms with E-state index in [-0.39, 0.29) is 17.2 Å². The molecule has 1 aliphatic rings. The molecule has 29 heavy (non-hydrogen) atoms. The van der Waals surface area contributed by atoms with Crippen LogP contribution in [0.1, 0.15) is 42.4 Å². The maximum atomic E-state index is 13.3. The lowest BCUT2D eigenvalue weighted by atomic mass is 10.0. The van der Waals surface area contributed by atoms with E-state index < -0.39 is 0 Å². The number of rotatable bonds is 5. The molecule has 0 aliphatic carbocycles. The van der Waals surface area contributed by atoms with Crippen molar-refractivity contribution < 1.29 is 4.79 Å². The van der Waals surface area contributed by atoms with Crippen molar-refractivity contribution in [1.82, 2.24) is 14.9 Å². The molecule has 0 spiro atoms. The average Bonchev–Trinajstić information content (AvgIpc) is 3.16. The Morgan fingerprint density at radius 2 is 1.86 bits per heavy atom. The normalized spacial score (nSPS) is 18.0. The fourth-order valence-electron chi connectivity index (χ4n) is 3.46. The lowest BCUT2D eigenvalue weighted by molar-refractivity contribution is -0.116. The molecular weight excluding hydrogens is 382 g/mol. The molecule has 1 aliphatic heterocycles. The van der Waals surface area contributed by atoms with Crippen molar-refractivity contribution in [3.05, 3.63) is 71.0 Å². The fourth-order valence-corrected chi connectivity index (χ4v) is 4.55. The zero-order valence-electron chi connectivity index (χ0n) is 16.8. The summed E-state index contributed by atoms with van der Waals surface area (Å²) in [4.78, 5) is 13.3. The summed E-state index contributed by atoms with van der Waals surface area (Å²) in [6.07, 6.45) is 1.75. The zero-order chi connectivity index (χ0) is 20.4. The van der Waals surface area contributed by atoms with Crippen LogP contribution >= 0.6 is 11.8 Å². The lowest BCUT2D eigenvalue weighted by Crippen LogP contribution is -2.41. The Labute approximate surface area is 175 Å². The molecule has 0 saturated carbocycles. The summed E-state index contributed by atoms with van der Waals surface area (Å²) in [6, 6.07) is 16.1. The van der Waals surface area contributed by atoms with Crippen molar-refractivity contribution in [3.63, 3.8) is 0 Å². The van der Waals surface area contributed by atoms with Gasteiger partial charge < -0.3 is 10.7 Å². The van der Waals surface area contributed by atoms with Crippen LogP contribution in [0.2, 0.25) is 0 Å². The molecule has 1 aromatic heterocycles. The molecule has 7 heteroatoms. The third-order valence-corrected chi connectivity index (χ3v) is 6.44. The molecule has 150 valence electrons. The molecule has 0 radical (unpaired) electrons. The van der Waals surface area contributed by atoms with Gasteiger partial charge in [0.1, 0.15) is 5.25 Å². The Bertz CT molecular complexity index is 1010. The Hall–Kier alpha value is -2.80. The number of benzene rings is 2. The van der Waals surface area contributed by atoms with E-state index in [1.165, 1.54) is 17.3 Å². The quantitative estimate of drug-likeness (QED) is 0.666. The largest absolute Gasteiger partial charge is 0.325 e. The molecule has 2 unspecified atom stereocenters. The second kappa shape index (κ2) is 8.29. The second-order valence-electron chi connectivity index (χ2n) is 7.13. The van der Waals surface area contributed by atoms with Crippen LogP contribution in [0.3, 0.4) is 0 Å². The topological polar surface area (TPSA) is 71.8 Å². The van der Waals surface area contributed by atoms with Gasteiger partial charge in [0, 0.05) is 12.1 Å². The van der Waals surface area contributed by atoms with Gasteiger partial charge in [0.25, 0.3) is 0 Å². The third kappa shape index (κ3) is 3.87. The number of para-hydroxylation sites is 1. The number of thioether (sulfide) groups is 1. The minimum Gasteiger partial charge on any atom is -0.325 e. The monoisotopic (exact) mass is 407 g/mol. The highest BCUT2D eigenvalue weighted by atomic mass is 32.2. The lowest BCUT2D eigenvalue weighted by Gasteiger charge is -2.33. The van der Waals surface area contributed by atoms with Crippen LogP contribution in [0.15, 0.2) is 53.7 Å². The zero-order valence-corrected chi connectivity index (χ0v) is 17.7. The standard InChI is InChI=1S/C22H25N5OS/c1-4-15-10-12-16(13-11-15)19-20(21(28)23-17-9-7-6-8-14(17)3)29-22-25-24-18(5-2)27(22)26-19/h6-13,19-20,26H,4-5H2,1-3H3,(H,23,28). The summed E-state index contributed by atoms with van der Waals surface area (Å²) in [5, 5.41) is 12.0. The molecule has 0 bridgehead atoms. The number of hydrogen-bond acceptors (Lipinski definition) is 5. The van der Waals surface area contributed by atoms with Gasteiger partial charge in [0.05, 0.1) is 6.04 Å². The predicted octanol–water partition coefficient (Wildman–Crippen LogP) is 4.11. The Balaban J connectivity index is 1.68. The summed E-state index contributed by atoms with van der Waals surface area (Å²) in [6.45, 7) is 6.18. The summed E-state index contributed by atoms with van der Waals surface area (Å²) in [5.41, 5.74) is 7.71. The third-order valence-electron chi connectivity index (χ3n) is 5.23. The van der Waals surface area contributed by atoms with Crippen LogP contribution in [0.4, 0.5) is 5.69 Å². The average molecular weight is 408 g/mol. The highest BCUT2D eigenvalue weighted by Crippen LogP contribution is 2.37. The number of carbonyl (C=O) groups excluding carboxylic acids is 1. The Morgan fingerprint density at radius 3 is 2.55 bits per heavy atom. The molecular formula is C22H25N5OS. The summed E-state index contributed by atoms with van der Waals surface area (Å²) in [7, 11) is 0. The smallest absolute Gasteiger partial charge is 0.240 e. The van der Waals surface area contributed by atoms with E-state index in [2.05, 4.69) is 52.1 Å². The molecule has 1 amide bonds. The van der Waals surface area contributed by atoms with E-state index in [1.807, 2.05) is 42.8 Å². The van der Waals surface area contributed by atoms with Gasteiger partial charge in [-0.15, -0.1) is 10.2 Å². The highest BCUT2D eigenvalue weighted by molar-refractivity contribution is 8.00. The van der Waals surface area contributed by atoms with E-state index in [1.54, 1.807) is 0 Å². The minimum atomic E-state index is -0.372. The molecule has 4 rings (SSSR count). The van der Waals surface area contributed by atoms with Gasteiger partial charge in [-0.25, -0.2) is 4.68 Å². The Morgan fingerprint density at radius 1 is 1.10 bits per heavy atom. The molecule has 0 saturated heterocycles. The first-order chi connectivity index (χ1) is 14.1. The molecule has 2 atom stereocenters. The van der Waals surface area contributed by atoms with E-state index in [4.69, 9.17) is 0 Å². The number of nitrogens with one attached hydrogen (secondary N) is 2. The van der Waals surface area contributed by atoms with Gasteiger partial charge in [-0.3, -0.25) is 4.79 Å². The number of anilines is 1. The van der Waals surface area contributed by atoms with Crippen molar-refractivity contribution in [3.8, 4) is 0 Å². The highest BCUT2D eigenvalue weighted by Gasteiger charge is 2.37. The number of aromatic nitrogens is 3. The van der Waals surface area contributed by atoms with Crippen LogP contribution in [0, 0.1) is 6.92 Å². The maximum absolute atomic E-state index is 13.3. The molecule has 6 nitrogen and oxygen atoms in total. The molecule has 2 aromatic carbocycles. The van der Waals surface area contributed by atoms with Crippen LogP contribution in [0.5, 0.6) is 0 Å². The Kier molecular flexibility index (Phi) is 5.58. The van der Waals surface area contributed by atoms with Gasteiger partial charge in [0.2, 0.25) is 11.1 Å². The summed E-state index contributed by atoms with van der Waals surface area (Å²) >= 11 is 1.45. The van der Waals surface area contributed by atoms with Gasteiger partial charge in [0.15, 0.2) is 5.82 Å². The van der Waals surface area contributed by atoms with Crippen LogP contribution in [0.25, 0.3) is 0 Å². The first-order valence-electron chi connectivity index (χ1n) is 9.93. The number of carbonyl (C=O) groups is 1. The van der Waals surface area contributed by atoms with E-state index in [0.717, 1.165) is 35.5 Å². The van der Waals surface area contributed by atoms with Crippen LogP contribution < -0.4 is 10.7 Å². The van der Waals surface area contributed by atoms with Crippen molar-refractivity contribution in [2.75, 3.05) is 10.7 Å². The molecule has 2 N–H and O–H groups in total. The molecule has 0 fully saturated rings. The summed E-state index contributed by atoms with van der Waals surface area (Å²) in [5.74, 6) is 0.814. The second-order valence-corrected chi connectivity index (χ2v) is 8.24. The van der Waals surface area contributed by atoms with Crippen molar-refractivity contribution >= 4 is 23.4 Å². The molecule has 2 heterocycles. The minimum absolute atomic E-state index is 0.0475. The first kappa shape index (κ1) is 19.5. The van der Waals surface area contributed by atoms with E-state index >= 15 is 0 Å². The number of hydrogen-bond donors (Lipinski definition) is 2. The fraction of sp³-hybridized carbons (Fsp3) is 0.318.